The maximum absolute atomic E-state index is 14.6. The van der Waals surface area contributed by atoms with Crippen molar-refractivity contribution in [2.75, 3.05) is 44.7 Å². The number of nitrogens with zero attached hydrogens (tertiary/aromatic N) is 3. The number of hydrogen-bond acceptors (Lipinski definition) is 10. The summed E-state index contributed by atoms with van der Waals surface area (Å²) in [6.45, 7) is 5.27. The number of fused-ring (bicyclic) bond motifs is 1. The van der Waals surface area contributed by atoms with Crippen molar-refractivity contribution in [3.63, 3.8) is 0 Å². The third kappa shape index (κ3) is 6.90. The Labute approximate surface area is 225 Å². The highest BCUT2D eigenvalue weighted by Crippen LogP contribution is 2.41. The molecule has 2 aromatic carbocycles. The van der Waals surface area contributed by atoms with Gasteiger partial charge in [-0.15, -0.1) is 0 Å². The van der Waals surface area contributed by atoms with E-state index in [-0.39, 0.29) is 28.2 Å². The lowest BCUT2D eigenvalue weighted by molar-refractivity contribution is 0.312. The van der Waals surface area contributed by atoms with Crippen molar-refractivity contribution >= 4 is 53.4 Å². The molecule has 0 fully saturated rings. The first-order valence-corrected chi connectivity index (χ1v) is 15.0. The number of halogens is 3. The second-order valence-electron chi connectivity index (χ2n) is 8.61. The van der Waals surface area contributed by atoms with Crippen LogP contribution in [0.2, 0.25) is 5.02 Å². The van der Waals surface area contributed by atoms with Gasteiger partial charge in [0.1, 0.15) is 10.8 Å². The SMILES string of the molecule is COc1cc2c(cc1Nc1ncc(Cl)c(Nc3cc(F)c(OS(=O)(=O)F)cc3OP(C)C)n1)CN(C)CC2. The van der Waals surface area contributed by atoms with Gasteiger partial charge >= 0.3 is 10.5 Å². The van der Waals surface area contributed by atoms with Crippen LogP contribution in [0.25, 0.3) is 0 Å². The summed E-state index contributed by atoms with van der Waals surface area (Å²) >= 11 is 6.31. The van der Waals surface area contributed by atoms with Gasteiger partial charge in [0.25, 0.3) is 0 Å². The molecular formula is C23H25ClF2N5O5PS. The highest BCUT2D eigenvalue weighted by molar-refractivity contribution is 7.81. The molecule has 1 aliphatic rings. The Morgan fingerprint density at radius 2 is 1.82 bits per heavy atom. The fourth-order valence-corrected chi connectivity index (χ4v) is 4.86. The van der Waals surface area contributed by atoms with Gasteiger partial charge in [0, 0.05) is 25.2 Å². The molecule has 0 bridgehead atoms. The molecule has 4 rings (SSSR count). The normalized spacial score (nSPS) is 13.7. The molecular weight excluding hydrogens is 563 g/mol. The summed E-state index contributed by atoms with van der Waals surface area (Å²) in [5, 5.41) is 6.13. The zero-order valence-electron chi connectivity index (χ0n) is 20.9. The maximum atomic E-state index is 14.6. The molecule has 2 N–H and O–H groups in total. The summed E-state index contributed by atoms with van der Waals surface area (Å²) in [6.07, 6.45) is 2.27. The maximum Gasteiger partial charge on any atom is 0.488 e. The topological polar surface area (TPSA) is 115 Å². The minimum atomic E-state index is -5.45. The van der Waals surface area contributed by atoms with Crippen LogP contribution in [-0.2, 0) is 23.5 Å². The summed E-state index contributed by atoms with van der Waals surface area (Å²) in [7, 11) is -2.86. The number of hydrogen-bond donors (Lipinski definition) is 2. The average Bonchev–Trinajstić information content (AvgIpc) is 2.82. The van der Waals surface area contributed by atoms with Crippen molar-refractivity contribution in [3.8, 4) is 17.2 Å². The first kappa shape index (κ1) is 28.0. The van der Waals surface area contributed by atoms with Crippen LogP contribution < -0.4 is 24.1 Å². The molecule has 15 heteroatoms. The molecule has 0 atom stereocenters. The Morgan fingerprint density at radius 3 is 2.50 bits per heavy atom. The van der Waals surface area contributed by atoms with Crippen LogP contribution in [0.15, 0.2) is 30.5 Å². The van der Waals surface area contributed by atoms with Gasteiger partial charge < -0.3 is 29.0 Å². The van der Waals surface area contributed by atoms with E-state index in [1.54, 1.807) is 20.4 Å². The standard InChI is InChI=1S/C23H25ClF2N5O5PS/c1-31-6-5-13-8-20(34-2)17(7-14(13)12-31)29-23-27-11-15(24)22(30-23)28-18-9-16(25)19(36-38(26,32)33)10-21(18)35-37(3)4/h7-11H,5-6,12H2,1-4H3,(H2,27,28,29,30). The molecule has 0 saturated carbocycles. The second kappa shape index (κ2) is 11.4. The van der Waals surface area contributed by atoms with E-state index in [0.717, 1.165) is 37.2 Å². The molecule has 0 radical (unpaired) electrons. The zero-order valence-corrected chi connectivity index (χ0v) is 23.3. The quantitative estimate of drug-likeness (QED) is 0.250. The first-order valence-electron chi connectivity index (χ1n) is 11.2. The Morgan fingerprint density at radius 1 is 1.08 bits per heavy atom. The highest BCUT2D eigenvalue weighted by atomic mass is 35.5. The van der Waals surface area contributed by atoms with Crippen LogP contribution in [0, 0.1) is 5.82 Å². The predicted octanol–water partition coefficient (Wildman–Crippen LogP) is 5.38. The molecule has 1 aromatic heterocycles. The highest BCUT2D eigenvalue weighted by Gasteiger charge is 2.21. The molecule has 10 nitrogen and oxygen atoms in total. The molecule has 2 heterocycles. The van der Waals surface area contributed by atoms with Crippen molar-refractivity contribution in [1.82, 2.24) is 14.9 Å². The van der Waals surface area contributed by atoms with Gasteiger partial charge in [0.05, 0.1) is 32.8 Å². The summed E-state index contributed by atoms with van der Waals surface area (Å²) in [5.74, 6) is -1.09. The number of aromatic nitrogens is 2. The lowest BCUT2D eigenvalue weighted by Gasteiger charge is -2.26. The Hall–Kier alpha value is -2.99. The summed E-state index contributed by atoms with van der Waals surface area (Å²) in [6, 6.07) is 5.80. The van der Waals surface area contributed by atoms with Gasteiger partial charge in [-0.1, -0.05) is 15.5 Å². The van der Waals surface area contributed by atoms with E-state index in [1.807, 2.05) is 12.1 Å². The fourth-order valence-electron chi connectivity index (χ4n) is 3.83. The van der Waals surface area contributed by atoms with E-state index >= 15 is 0 Å². The number of nitrogens with one attached hydrogen (secondary N) is 2. The van der Waals surface area contributed by atoms with Gasteiger partial charge in [-0.2, -0.15) is 13.4 Å². The lowest BCUT2D eigenvalue weighted by atomic mass is 9.99. The molecule has 38 heavy (non-hydrogen) atoms. The minimum Gasteiger partial charge on any atom is -0.495 e. The van der Waals surface area contributed by atoms with Crippen LogP contribution in [0.4, 0.5) is 31.4 Å². The summed E-state index contributed by atoms with van der Waals surface area (Å²) < 4.78 is 64.7. The number of methoxy groups -OCH3 is 1. The van der Waals surface area contributed by atoms with E-state index in [0.29, 0.717) is 11.4 Å². The van der Waals surface area contributed by atoms with Crippen molar-refractivity contribution in [1.29, 1.82) is 0 Å². The third-order valence-electron chi connectivity index (χ3n) is 5.47. The number of anilines is 4. The molecule has 1 aliphatic heterocycles. The first-order chi connectivity index (χ1) is 17.9. The molecule has 3 aromatic rings. The van der Waals surface area contributed by atoms with Crippen LogP contribution in [0.5, 0.6) is 17.2 Å². The summed E-state index contributed by atoms with van der Waals surface area (Å²) in [4.78, 5) is 10.9. The van der Waals surface area contributed by atoms with Crippen molar-refractivity contribution in [2.24, 2.45) is 0 Å². The van der Waals surface area contributed by atoms with Crippen molar-refractivity contribution in [2.45, 2.75) is 13.0 Å². The van der Waals surface area contributed by atoms with Crippen LogP contribution >= 0.6 is 19.7 Å². The second-order valence-corrected chi connectivity index (χ2v) is 11.8. The molecule has 0 aliphatic carbocycles. The predicted molar refractivity (Wildman–Crippen MR) is 143 cm³/mol. The third-order valence-corrected chi connectivity index (χ3v) is 6.69. The minimum absolute atomic E-state index is 0.00539. The van der Waals surface area contributed by atoms with Crippen molar-refractivity contribution in [3.05, 3.63) is 52.4 Å². The number of rotatable bonds is 9. The van der Waals surface area contributed by atoms with Crippen LogP contribution in [0.1, 0.15) is 11.1 Å². The van der Waals surface area contributed by atoms with E-state index in [1.165, 1.54) is 11.8 Å². The van der Waals surface area contributed by atoms with Gasteiger partial charge in [0.2, 0.25) is 5.95 Å². The van der Waals surface area contributed by atoms with E-state index in [9.17, 15) is 16.7 Å². The Kier molecular flexibility index (Phi) is 8.41. The smallest absolute Gasteiger partial charge is 0.488 e. The van der Waals surface area contributed by atoms with E-state index < -0.39 is 30.2 Å². The van der Waals surface area contributed by atoms with Gasteiger partial charge in [0.15, 0.2) is 23.1 Å². The molecule has 0 unspecified atom stereocenters. The molecule has 0 spiro atoms. The summed E-state index contributed by atoms with van der Waals surface area (Å²) in [5.41, 5.74) is 3.07. The van der Waals surface area contributed by atoms with Gasteiger partial charge in [-0.3, -0.25) is 0 Å². The zero-order chi connectivity index (χ0) is 27.6. The number of benzene rings is 2. The lowest BCUT2D eigenvalue weighted by Crippen LogP contribution is -2.26. The van der Waals surface area contributed by atoms with E-state index in [2.05, 4.69) is 36.7 Å². The molecule has 0 amide bonds. The number of ether oxygens (including phenoxy) is 1. The average molecular weight is 588 g/mol. The Balaban J connectivity index is 1.66. The van der Waals surface area contributed by atoms with Gasteiger partial charge in [-0.25, -0.2) is 9.37 Å². The molecule has 0 saturated heterocycles. The monoisotopic (exact) mass is 587 g/mol. The van der Waals surface area contributed by atoms with E-state index in [4.69, 9.17) is 20.9 Å². The van der Waals surface area contributed by atoms with Crippen LogP contribution in [0.3, 0.4) is 0 Å². The number of likely N-dealkylation sites (N-methyl/N-ethyl adjacent to an activating group) is 1. The fraction of sp³-hybridized carbons (Fsp3) is 0.304. The molecule has 204 valence electrons. The van der Waals surface area contributed by atoms with Crippen LogP contribution in [-0.4, -0.2) is 57.3 Å². The van der Waals surface area contributed by atoms with Gasteiger partial charge in [-0.05, 0) is 50.1 Å². The van der Waals surface area contributed by atoms with Crippen molar-refractivity contribution < 1.29 is 30.1 Å². The largest absolute Gasteiger partial charge is 0.495 e. The Bertz CT molecular complexity index is 1460.